The van der Waals surface area contributed by atoms with E-state index in [9.17, 15) is 13.2 Å². The van der Waals surface area contributed by atoms with Crippen molar-refractivity contribution in [2.24, 2.45) is 5.41 Å². The highest BCUT2D eigenvalue weighted by Crippen LogP contribution is 2.52. The van der Waals surface area contributed by atoms with Crippen LogP contribution < -0.4 is 0 Å². The highest BCUT2D eigenvalue weighted by molar-refractivity contribution is 7.88. The fourth-order valence-electron chi connectivity index (χ4n) is 5.13. The SMILES string of the molecule is C=CC[C@@]1(C)C[C@H](c2cccc(Cl)c2)C(c2ccc(Cl)cc2)N(C(CC)CN(C)S(C)(=O)=O)C1=O. The molecule has 8 heteroatoms. The third kappa shape index (κ3) is 6.11. The van der Waals surface area contributed by atoms with Gasteiger partial charge in [-0.3, -0.25) is 4.79 Å². The van der Waals surface area contributed by atoms with Crippen LogP contribution >= 0.6 is 23.2 Å². The predicted molar refractivity (Wildman–Crippen MR) is 144 cm³/mol. The van der Waals surface area contributed by atoms with Crippen molar-refractivity contribution in [1.82, 2.24) is 9.21 Å². The smallest absolute Gasteiger partial charge is 0.229 e. The van der Waals surface area contributed by atoms with E-state index in [1.807, 2.05) is 67.3 Å². The maximum atomic E-state index is 14.2. The van der Waals surface area contributed by atoms with Gasteiger partial charge in [0.15, 0.2) is 0 Å². The molecule has 35 heavy (non-hydrogen) atoms. The summed E-state index contributed by atoms with van der Waals surface area (Å²) in [5.41, 5.74) is 1.31. The molecule has 2 aromatic rings. The molecular formula is C27H34Cl2N2O3S. The second kappa shape index (κ2) is 11.0. The van der Waals surface area contributed by atoms with Crippen LogP contribution in [0.5, 0.6) is 0 Å². The number of halogens is 2. The summed E-state index contributed by atoms with van der Waals surface area (Å²) < 4.78 is 25.9. The first kappa shape index (κ1) is 27.7. The summed E-state index contributed by atoms with van der Waals surface area (Å²) >= 11 is 12.6. The van der Waals surface area contributed by atoms with E-state index in [1.165, 1.54) is 10.6 Å². The van der Waals surface area contributed by atoms with E-state index in [2.05, 4.69) is 6.58 Å². The van der Waals surface area contributed by atoms with E-state index in [4.69, 9.17) is 23.2 Å². The van der Waals surface area contributed by atoms with Crippen molar-refractivity contribution in [2.75, 3.05) is 19.8 Å². The Morgan fingerprint density at radius 2 is 1.83 bits per heavy atom. The summed E-state index contributed by atoms with van der Waals surface area (Å²) in [6.45, 7) is 8.08. The molecule has 0 bridgehead atoms. The zero-order chi connectivity index (χ0) is 26.0. The number of piperidine rings is 1. The van der Waals surface area contributed by atoms with Gasteiger partial charge in [-0.05, 0) is 54.7 Å². The summed E-state index contributed by atoms with van der Waals surface area (Å²) in [5.74, 6) is -0.0560. The molecule has 0 aromatic heterocycles. The minimum Gasteiger partial charge on any atom is -0.330 e. The lowest BCUT2D eigenvalue weighted by Gasteiger charge is -2.52. The van der Waals surface area contributed by atoms with Crippen molar-refractivity contribution in [2.45, 2.75) is 51.1 Å². The second-order valence-electron chi connectivity index (χ2n) is 9.73. The van der Waals surface area contributed by atoms with Gasteiger partial charge >= 0.3 is 0 Å². The number of sulfonamides is 1. The second-order valence-corrected chi connectivity index (χ2v) is 12.7. The van der Waals surface area contributed by atoms with Crippen molar-refractivity contribution in [1.29, 1.82) is 0 Å². The molecule has 1 heterocycles. The molecule has 0 spiro atoms. The fourth-order valence-corrected chi connectivity index (χ4v) is 5.90. The highest BCUT2D eigenvalue weighted by Gasteiger charge is 2.51. The zero-order valence-corrected chi connectivity index (χ0v) is 23.1. The van der Waals surface area contributed by atoms with Crippen LogP contribution in [0.2, 0.25) is 10.0 Å². The van der Waals surface area contributed by atoms with Crippen molar-refractivity contribution in [3.63, 3.8) is 0 Å². The van der Waals surface area contributed by atoms with Crippen LogP contribution in [0.4, 0.5) is 0 Å². The Balaban J connectivity index is 2.23. The van der Waals surface area contributed by atoms with Gasteiger partial charge in [-0.25, -0.2) is 12.7 Å². The zero-order valence-electron chi connectivity index (χ0n) is 20.7. The number of likely N-dealkylation sites (N-methyl/N-ethyl adjacent to an activating group) is 1. The van der Waals surface area contributed by atoms with Crippen LogP contribution in [0.1, 0.15) is 56.2 Å². The van der Waals surface area contributed by atoms with Gasteiger partial charge in [-0.15, -0.1) is 6.58 Å². The van der Waals surface area contributed by atoms with Gasteiger partial charge < -0.3 is 4.90 Å². The Labute approximate surface area is 219 Å². The van der Waals surface area contributed by atoms with Crippen LogP contribution in [0.15, 0.2) is 61.2 Å². The first-order chi connectivity index (χ1) is 16.4. The van der Waals surface area contributed by atoms with Crippen LogP contribution in [0.3, 0.4) is 0 Å². The van der Waals surface area contributed by atoms with Crippen LogP contribution in [0.25, 0.3) is 0 Å². The molecule has 1 fully saturated rings. The molecule has 0 aliphatic carbocycles. The largest absolute Gasteiger partial charge is 0.330 e. The van der Waals surface area contributed by atoms with E-state index in [-0.39, 0.29) is 30.5 Å². The van der Waals surface area contributed by atoms with Gasteiger partial charge in [0.05, 0.1) is 17.7 Å². The van der Waals surface area contributed by atoms with Crippen molar-refractivity contribution in [3.8, 4) is 0 Å². The van der Waals surface area contributed by atoms with Gasteiger partial charge in [0, 0.05) is 35.6 Å². The van der Waals surface area contributed by atoms with Crippen LogP contribution in [-0.4, -0.2) is 49.4 Å². The van der Waals surface area contributed by atoms with E-state index >= 15 is 0 Å². The summed E-state index contributed by atoms with van der Waals surface area (Å²) in [4.78, 5) is 16.1. The number of likely N-dealkylation sites (tertiary alicyclic amines) is 1. The number of carbonyl (C=O) groups excluding carboxylic acids is 1. The third-order valence-electron chi connectivity index (χ3n) is 7.08. The molecule has 4 atom stereocenters. The summed E-state index contributed by atoms with van der Waals surface area (Å²) in [7, 11) is -1.86. The quantitative estimate of drug-likeness (QED) is 0.353. The molecule has 0 saturated carbocycles. The summed E-state index contributed by atoms with van der Waals surface area (Å²) in [5, 5.41) is 1.25. The van der Waals surface area contributed by atoms with E-state index < -0.39 is 15.4 Å². The standard InChI is InChI=1S/C27H34Cl2N2O3S/c1-6-15-27(3)17-24(20-9-8-10-22(29)16-20)25(19-11-13-21(28)14-12-19)31(26(27)32)23(7-2)18-30(4)35(5,33)34/h6,8-14,16,23-25H,1,7,15,17-18H2,2-5H3/t23?,24-,25?,27+/m1/s1. The minimum absolute atomic E-state index is 0.00405. The topological polar surface area (TPSA) is 57.7 Å². The van der Waals surface area contributed by atoms with Crippen LogP contribution in [0, 0.1) is 5.41 Å². The average molecular weight is 538 g/mol. The Hall–Kier alpha value is -1.86. The molecule has 1 saturated heterocycles. The lowest BCUT2D eigenvalue weighted by Crippen LogP contribution is -2.57. The Morgan fingerprint density at radius 3 is 2.37 bits per heavy atom. The molecule has 0 radical (unpaired) electrons. The van der Waals surface area contributed by atoms with Gasteiger partial charge in [0.1, 0.15) is 0 Å². The van der Waals surface area contributed by atoms with Gasteiger partial charge in [-0.2, -0.15) is 0 Å². The molecule has 5 nitrogen and oxygen atoms in total. The molecule has 2 aromatic carbocycles. The third-order valence-corrected chi connectivity index (χ3v) is 8.85. The highest BCUT2D eigenvalue weighted by atomic mass is 35.5. The Kier molecular flexibility index (Phi) is 8.74. The number of hydrogen-bond acceptors (Lipinski definition) is 3. The van der Waals surface area contributed by atoms with Crippen molar-refractivity contribution < 1.29 is 13.2 Å². The Bertz CT molecular complexity index is 1170. The maximum absolute atomic E-state index is 14.2. The van der Waals surface area contributed by atoms with Crippen molar-refractivity contribution >= 4 is 39.1 Å². The first-order valence-electron chi connectivity index (χ1n) is 11.8. The molecule has 1 aliphatic rings. The monoisotopic (exact) mass is 536 g/mol. The van der Waals surface area contributed by atoms with Gasteiger partial charge in [-0.1, -0.05) is 67.4 Å². The van der Waals surface area contributed by atoms with E-state index in [0.29, 0.717) is 29.3 Å². The lowest BCUT2D eigenvalue weighted by atomic mass is 9.67. The summed E-state index contributed by atoms with van der Waals surface area (Å²) in [6.07, 6.45) is 4.70. The molecule has 3 rings (SSSR count). The fraction of sp³-hybridized carbons (Fsp3) is 0.444. The number of carbonyl (C=O) groups is 1. The lowest BCUT2D eigenvalue weighted by molar-refractivity contribution is -0.154. The van der Waals surface area contributed by atoms with Crippen molar-refractivity contribution in [3.05, 3.63) is 82.4 Å². The average Bonchev–Trinajstić information content (AvgIpc) is 2.79. The number of nitrogens with zero attached hydrogens (tertiary/aromatic N) is 2. The van der Waals surface area contributed by atoms with Gasteiger partial charge in [0.2, 0.25) is 15.9 Å². The number of benzene rings is 2. The normalized spacial score (nSPS) is 24.0. The molecule has 190 valence electrons. The first-order valence-corrected chi connectivity index (χ1v) is 14.4. The number of hydrogen-bond donors (Lipinski definition) is 0. The molecule has 0 N–H and O–H groups in total. The molecule has 1 amide bonds. The number of amides is 1. The van der Waals surface area contributed by atoms with E-state index in [1.54, 1.807) is 13.1 Å². The van der Waals surface area contributed by atoms with Gasteiger partial charge in [0.25, 0.3) is 0 Å². The van der Waals surface area contributed by atoms with E-state index in [0.717, 1.165) is 11.1 Å². The Morgan fingerprint density at radius 1 is 1.17 bits per heavy atom. The maximum Gasteiger partial charge on any atom is 0.229 e. The summed E-state index contributed by atoms with van der Waals surface area (Å²) in [6, 6.07) is 14.7. The minimum atomic E-state index is -3.42. The molecule has 1 aliphatic heterocycles. The number of rotatable bonds is 9. The van der Waals surface area contributed by atoms with Crippen LogP contribution in [-0.2, 0) is 14.8 Å². The molecular weight excluding hydrogens is 503 g/mol. The molecule has 2 unspecified atom stereocenters. The number of allylic oxidation sites excluding steroid dienone is 1. The predicted octanol–water partition coefficient (Wildman–Crippen LogP) is 6.30.